The van der Waals surface area contributed by atoms with Crippen LogP contribution in [-0.2, 0) is 4.79 Å². The Hall–Kier alpha value is 0.820. The summed E-state index contributed by atoms with van der Waals surface area (Å²) in [7, 11) is 0. The third-order valence-corrected chi connectivity index (χ3v) is 4.27. The molecule has 0 rings (SSSR count). The van der Waals surface area contributed by atoms with E-state index in [4.69, 9.17) is 39.9 Å². The standard InChI is InChI=1S/C9H14BrCl3O2/c1-8(2,4-3-7(14)15)6(10)5-9(11,12)13/h6H,3-5H2,1-2H3,(H,14,15). The topological polar surface area (TPSA) is 37.3 Å². The summed E-state index contributed by atoms with van der Waals surface area (Å²) in [6.07, 6.45) is 1.01. The summed E-state index contributed by atoms with van der Waals surface area (Å²) in [6, 6.07) is 0. The highest BCUT2D eigenvalue weighted by atomic mass is 79.9. The van der Waals surface area contributed by atoms with Gasteiger partial charge in [-0.1, -0.05) is 64.6 Å². The van der Waals surface area contributed by atoms with Gasteiger partial charge in [-0.2, -0.15) is 0 Å². The van der Waals surface area contributed by atoms with E-state index in [-0.39, 0.29) is 16.7 Å². The molecule has 0 aromatic rings. The van der Waals surface area contributed by atoms with Crippen molar-refractivity contribution < 1.29 is 9.90 Å². The van der Waals surface area contributed by atoms with Gasteiger partial charge in [0, 0.05) is 17.7 Å². The predicted molar refractivity (Wildman–Crippen MR) is 68.3 cm³/mol. The first kappa shape index (κ1) is 15.8. The van der Waals surface area contributed by atoms with Gasteiger partial charge in [-0.05, 0) is 11.8 Å². The number of halogens is 4. The summed E-state index contributed by atoms with van der Waals surface area (Å²) in [4.78, 5) is 10.4. The van der Waals surface area contributed by atoms with E-state index < -0.39 is 9.76 Å². The summed E-state index contributed by atoms with van der Waals surface area (Å²) >= 11 is 20.5. The Kier molecular flexibility index (Phi) is 6.27. The van der Waals surface area contributed by atoms with Gasteiger partial charge < -0.3 is 5.11 Å². The van der Waals surface area contributed by atoms with E-state index in [1.165, 1.54) is 0 Å². The number of alkyl halides is 4. The van der Waals surface area contributed by atoms with E-state index in [0.717, 1.165) is 0 Å². The fourth-order valence-electron chi connectivity index (χ4n) is 1.07. The molecule has 1 unspecified atom stereocenters. The maximum absolute atomic E-state index is 10.5. The van der Waals surface area contributed by atoms with Crippen LogP contribution >= 0.6 is 50.7 Å². The largest absolute Gasteiger partial charge is 0.481 e. The van der Waals surface area contributed by atoms with E-state index in [9.17, 15) is 4.79 Å². The highest BCUT2D eigenvalue weighted by Crippen LogP contribution is 2.42. The van der Waals surface area contributed by atoms with Crippen molar-refractivity contribution in [3.05, 3.63) is 0 Å². The SMILES string of the molecule is CC(C)(CCC(=O)O)C(Br)CC(Cl)(Cl)Cl. The van der Waals surface area contributed by atoms with E-state index in [2.05, 4.69) is 15.9 Å². The predicted octanol–water partition coefficient (Wildman–Crippen LogP) is 4.40. The van der Waals surface area contributed by atoms with Crippen molar-refractivity contribution in [3.63, 3.8) is 0 Å². The number of carboxylic acid groups (broad SMARTS) is 1. The Morgan fingerprint density at radius 2 is 1.87 bits per heavy atom. The Morgan fingerprint density at radius 1 is 1.40 bits per heavy atom. The lowest BCUT2D eigenvalue weighted by atomic mass is 9.83. The zero-order valence-electron chi connectivity index (χ0n) is 8.57. The molecule has 0 saturated carbocycles. The second-order valence-corrected chi connectivity index (χ2v) is 7.79. The maximum atomic E-state index is 10.5. The monoisotopic (exact) mass is 338 g/mol. The summed E-state index contributed by atoms with van der Waals surface area (Å²) in [5.74, 6) is -0.809. The lowest BCUT2D eigenvalue weighted by Gasteiger charge is -2.31. The van der Waals surface area contributed by atoms with Crippen molar-refractivity contribution in [3.8, 4) is 0 Å². The van der Waals surface area contributed by atoms with Gasteiger partial charge in [-0.3, -0.25) is 4.79 Å². The number of rotatable bonds is 5. The van der Waals surface area contributed by atoms with Crippen LogP contribution in [0.3, 0.4) is 0 Å². The molecule has 0 radical (unpaired) electrons. The molecule has 0 saturated heterocycles. The molecule has 15 heavy (non-hydrogen) atoms. The quantitative estimate of drug-likeness (QED) is 0.753. The molecule has 0 aromatic heterocycles. The molecule has 0 fully saturated rings. The fraction of sp³-hybridized carbons (Fsp3) is 0.889. The molecule has 0 aliphatic carbocycles. The average molecular weight is 340 g/mol. The summed E-state index contributed by atoms with van der Waals surface area (Å²) in [6.45, 7) is 3.90. The first-order chi connectivity index (χ1) is 6.54. The molecule has 0 spiro atoms. The molecule has 0 bridgehead atoms. The molecule has 0 heterocycles. The van der Waals surface area contributed by atoms with Crippen LogP contribution < -0.4 is 0 Å². The van der Waals surface area contributed by atoms with Crippen LogP contribution in [0.15, 0.2) is 0 Å². The van der Waals surface area contributed by atoms with E-state index >= 15 is 0 Å². The van der Waals surface area contributed by atoms with Crippen molar-refractivity contribution in [2.45, 2.75) is 41.7 Å². The van der Waals surface area contributed by atoms with Crippen molar-refractivity contribution >= 4 is 56.7 Å². The van der Waals surface area contributed by atoms with Crippen molar-refractivity contribution in [2.75, 3.05) is 0 Å². The first-order valence-corrected chi connectivity index (χ1v) is 6.52. The Labute approximate surface area is 113 Å². The highest BCUT2D eigenvalue weighted by Gasteiger charge is 2.34. The van der Waals surface area contributed by atoms with Gasteiger partial charge in [0.05, 0.1) is 0 Å². The van der Waals surface area contributed by atoms with Gasteiger partial charge in [0.2, 0.25) is 0 Å². The van der Waals surface area contributed by atoms with Crippen molar-refractivity contribution in [2.24, 2.45) is 5.41 Å². The minimum atomic E-state index is -1.31. The first-order valence-electron chi connectivity index (χ1n) is 4.47. The number of hydrogen-bond acceptors (Lipinski definition) is 1. The number of aliphatic carboxylic acids is 1. The second kappa shape index (κ2) is 5.95. The summed E-state index contributed by atoms with van der Waals surface area (Å²) in [5, 5.41) is 8.60. The summed E-state index contributed by atoms with van der Waals surface area (Å²) < 4.78 is -1.31. The van der Waals surface area contributed by atoms with Gasteiger partial charge in [-0.15, -0.1) is 0 Å². The highest BCUT2D eigenvalue weighted by molar-refractivity contribution is 9.09. The van der Waals surface area contributed by atoms with Crippen LogP contribution in [0, 0.1) is 5.41 Å². The molecule has 0 aromatic carbocycles. The molecule has 0 amide bonds. The molecular formula is C9H14BrCl3O2. The van der Waals surface area contributed by atoms with E-state index in [1.54, 1.807) is 0 Å². The van der Waals surface area contributed by atoms with E-state index in [0.29, 0.717) is 12.8 Å². The molecule has 2 nitrogen and oxygen atoms in total. The van der Waals surface area contributed by atoms with Crippen LogP contribution in [0.2, 0.25) is 0 Å². The smallest absolute Gasteiger partial charge is 0.303 e. The molecular weight excluding hydrogens is 326 g/mol. The third kappa shape index (κ3) is 7.67. The van der Waals surface area contributed by atoms with Crippen molar-refractivity contribution in [1.82, 2.24) is 0 Å². The van der Waals surface area contributed by atoms with Crippen LogP contribution in [0.25, 0.3) is 0 Å². The number of carbonyl (C=O) groups is 1. The lowest BCUT2D eigenvalue weighted by molar-refractivity contribution is -0.137. The Balaban J connectivity index is 4.25. The zero-order chi connectivity index (χ0) is 12.3. The average Bonchev–Trinajstić information content (AvgIpc) is 1.97. The lowest BCUT2D eigenvalue weighted by Crippen LogP contribution is -2.28. The van der Waals surface area contributed by atoms with Gasteiger partial charge in [-0.25, -0.2) is 0 Å². The van der Waals surface area contributed by atoms with Crippen LogP contribution in [0.1, 0.15) is 33.1 Å². The summed E-state index contributed by atoms with van der Waals surface area (Å²) in [5.41, 5.74) is -0.220. The van der Waals surface area contributed by atoms with Crippen LogP contribution in [0.4, 0.5) is 0 Å². The van der Waals surface area contributed by atoms with Gasteiger partial charge >= 0.3 is 5.97 Å². The number of hydrogen-bond donors (Lipinski definition) is 1. The molecule has 6 heteroatoms. The minimum Gasteiger partial charge on any atom is -0.481 e. The number of carboxylic acids is 1. The van der Waals surface area contributed by atoms with Gasteiger partial charge in [0.15, 0.2) is 3.79 Å². The van der Waals surface area contributed by atoms with Gasteiger partial charge in [0.25, 0.3) is 0 Å². The third-order valence-electron chi connectivity index (χ3n) is 2.24. The zero-order valence-corrected chi connectivity index (χ0v) is 12.4. The molecule has 1 N–H and O–H groups in total. The molecule has 0 aliphatic heterocycles. The second-order valence-electron chi connectivity index (χ2n) is 4.17. The molecule has 0 aliphatic rings. The van der Waals surface area contributed by atoms with Gasteiger partial charge in [0.1, 0.15) is 0 Å². The molecule has 1 atom stereocenters. The Morgan fingerprint density at radius 3 is 2.20 bits per heavy atom. The fourth-order valence-corrected chi connectivity index (χ4v) is 2.80. The Bertz CT molecular complexity index is 226. The minimum absolute atomic E-state index is 0.0307. The van der Waals surface area contributed by atoms with Crippen LogP contribution in [0.5, 0.6) is 0 Å². The normalized spacial score (nSPS) is 15.1. The maximum Gasteiger partial charge on any atom is 0.303 e. The van der Waals surface area contributed by atoms with Crippen molar-refractivity contribution in [1.29, 1.82) is 0 Å². The van der Waals surface area contributed by atoms with E-state index in [1.807, 2.05) is 13.8 Å². The van der Waals surface area contributed by atoms with Crippen LogP contribution in [-0.4, -0.2) is 19.7 Å². The molecule has 90 valence electrons.